The van der Waals surface area contributed by atoms with Crippen molar-refractivity contribution >= 4 is 54.7 Å². The van der Waals surface area contributed by atoms with Crippen LogP contribution >= 0.6 is 27.3 Å². The molecule has 0 spiro atoms. The van der Waals surface area contributed by atoms with E-state index < -0.39 is 0 Å². The fourth-order valence-corrected chi connectivity index (χ4v) is 4.94. The maximum atomic E-state index is 13.6. The number of anilines is 1. The molecule has 7 nitrogen and oxygen atoms in total. The lowest BCUT2D eigenvalue weighted by Gasteiger charge is -2.15. The normalized spacial score (nSPS) is 11.1. The summed E-state index contributed by atoms with van der Waals surface area (Å²) in [6.07, 6.45) is 1.57. The van der Waals surface area contributed by atoms with Crippen LogP contribution in [0.3, 0.4) is 0 Å². The zero-order valence-corrected chi connectivity index (χ0v) is 22.4. The van der Waals surface area contributed by atoms with Gasteiger partial charge in [-0.15, -0.1) is 0 Å². The van der Waals surface area contributed by atoms with Gasteiger partial charge in [0.15, 0.2) is 11.5 Å². The number of carbonyl (C=O) groups excluding carboxylic acids is 1. The van der Waals surface area contributed by atoms with Crippen LogP contribution in [0.5, 0.6) is 17.2 Å². The smallest absolute Gasteiger partial charge is 0.280 e. The Morgan fingerprint density at radius 2 is 1.69 bits per heavy atom. The predicted octanol–water partition coefficient (Wildman–Crippen LogP) is 6.38. The molecule has 4 aromatic rings. The Balaban J connectivity index is 1.80. The molecular formula is C26H24BrN3O4S. The molecule has 0 saturated heterocycles. The number of nitrogens with zero attached hydrogens (tertiary/aromatic N) is 3. The van der Waals surface area contributed by atoms with Crippen molar-refractivity contribution in [1.29, 1.82) is 0 Å². The molecule has 0 aliphatic heterocycles. The Hall–Kier alpha value is -3.43. The number of benzene rings is 3. The highest BCUT2D eigenvalue weighted by molar-refractivity contribution is 9.10. The van der Waals surface area contributed by atoms with Crippen molar-refractivity contribution in [3.63, 3.8) is 0 Å². The minimum Gasteiger partial charge on any atom is -0.493 e. The van der Waals surface area contributed by atoms with E-state index in [9.17, 15) is 4.79 Å². The fraction of sp³-hybridized carbons (Fsp3) is 0.192. The minimum atomic E-state index is -0.282. The van der Waals surface area contributed by atoms with Gasteiger partial charge in [-0.05, 0) is 67.4 Å². The van der Waals surface area contributed by atoms with E-state index in [1.165, 1.54) is 16.3 Å². The molecule has 4 rings (SSSR count). The van der Waals surface area contributed by atoms with Crippen molar-refractivity contribution in [1.82, 2.24) is 4.98 Å². The number of halogens is 1. The number of aromatic nitrogens is 1. The number of amides is 1. The van der Waals surface area contributed by atoms with Crippen LogP contribution < -0.4 is 19.2 Å². The van der Waals surface area contributed by atoms with E-state index in [2.05, 4.69) is 26.0 Å². The predicted molar refractivity (Wildman–Crippen MR) is 144 cm³/mol. The molecule has 0 N–H and O–H groups in total. The lowest BCUT2D eigenvalue weighted by molar-refractivity contribution is 0.0987. The summed E-state index contributed by atoms with van der Waals surface area (Å²) in [5.74, 6) is 1.18. The minimum absolute atomic E-state index is 0.282. The molecule has 0 aliphatic rings. The van der Waals surface area contributed by atoms with Gasteiger partial charge >= 0.3 is 0 Å². The first-order valence-corrected chi connectivity index (χ1v) is 12.3. The molecule has 0 fully saturated rings. The van der Waals surface area contributed by atoms with Crippen molar-refractivity contribution in [3.05, 3.63) is 75.3 Å². The van der Waals surface area contributed by atoms with Crippen LogP contribution in [-0.2, 0) is 0 Å². The lowest BCUT2D eigenvalue weighted by atomic mass is 10.1. The molecule has 1 aromatic heterocycles. The summed E-state index contributed by atoms with van der Waals surface area (Å²) >= 11 is 4.88. The molecular weight excluding hydrogens is 530 g/mol. The SMILES string of the molecule is COc1cc(/C=N/N(C(=O)c2ccc(C)c(C)c2)c2nc3ccc(Br)cc3s2)cc(OC)c1OC. The third-order valence-electron chi connectivity index (χ3n) is 5.48. The van der Waals surface area contributed by atoms with Crippen molar-refractivity contribution in [2.24, 2.45) is 5.10 Å². The molecule has 0 radical (unpaired) electrons. The summed E-state index contributed by atoms with van der Waals surface area (Å²) in [6.45, 7) is 3.99. The number of thiazole rings is 1. The number of hydrogen-bond acceptors (Lipinski definition) is 7. The van der Waals surface area contributed by atoms with Crippen molar-refractivity contribution in [3.8, 4) is 17.2 Å². The average Bonchev–Trinajstić information content (AvgIpc) is 3.27. The second-order valence-electron chi connectivity index (χ2n) is 7.73. The van der Waals surface area contributed by atoms with Gasteiger partial charge in [0.2, 0.25) is 10.9 Å². The Labute approximate surface area is 216 Å². The Kier molecular flexibility index (Phi) is 7.37. The number of fused-ring (bicyclic) bond motifs is 1. The van der Waals surface area contributed by atoms with Gasteiger partial charge in [-0.1, -0.05) is 33.3 Å². The quantitative estimate of drug-likeness (QED) is 0.196. The molecule has 1 heterocycles. The second-order valence-corrected chi connectivity index (χ2v) is 9.65. The van der Waals surface area contributed by atoms with Crippen LogP contribution in [0, 0.1) is 13.8 Å². The molecule has 35 heavy (non-hydrogen) atoms. The third-order valence-corrected chi connectivity index (χ3v) is 6.96. The first-order chi connectivity index (χ1) is 16.8. The van der Waals surface area contributed by atoms with Crippen LogP contribution in [-0.4, -0.2) is 38.4 Å². The summed E-state index contributed by atoms with van der Waals surface area (Å²) in [4.78, 5) is 18.3. The number of aryl methyl sites for hydroxylation is 2. The van der Waals surface area contributed by atoms with Gasteiger partial charge < -0.3 is 14.2 Å². The largest absolute Gasteiger partial charge is 0.493 e. The van der Waals surface area contributed by atoms with E-state index >= 15 is 0 Å². The molecule has 1 amide bonds. The Bertz CT molecular complexity index is 1410. The van der Waals surface area contributed by atoms with E-state index in [0.29, 0.717) is 33.5 Å². The number of hydrazone groups is 1. The maximum Gasteiger partial charge on any atom is 0.280 e. The monoisotopic (exact) mass is 553 g/mol. The highest BCUT2D eigenvalue weighted by atomic mass is 79.9. The second kappa shape index (κ2) is 10.5. The number of rotatable bonds is 7. The number of methoxy groups -OCH3 is 3. The van der Waals surface area contributed by atoms with Crippen LogP contribution in [0.15, 0.2) is 58.1 Å². The molecule has 0 saturated carbocycles. The van der Waals surface area contributed by atoms with Gasteiger partial charge in [-0.2, -0.15) is 10.1 Å². The van der Waals surface area contributed by atoms with Crippen LogP contribution in [0.2, 0.25) is 0 Å². The average molecular weight is 554 g/mol. The van der Waals surface area contributed by atoms with E-state index in [4.69, 9.17) is 14.2 Å². The summed E-state index contributed by atoms with van der Waals surface area (Å²) in [7, 11) is 4.64. The molecule has 0 atom stereocenters. The van der Waals surface area contributed by atoms with Crippen molar-refractivity contribution < 1.29 is 19.0 Å². The first kappa shape index (κ1) is 24.7. The number of hydrogen-bond donors (Lipinski definition) is 0. The van der Waals surface area contributed by atoms with E-state index in [0.717, 1.165) is 25.8 Å². The van der Waals surface area contributed by atoms with Gasteiger partial charge in [0.1, 0.15) is 0 Å². The summed E-state index contributed by atoms with van der Waals surface area (Å²) in [6, 6.07) is 14.9. The lowest BCUT2D eigenvalue weighted by Crippen LogP contribution is -2.25. The standard InChI is InChI=1S/C26H24BrN3O4S/c1-15-6-7-18(10-16(15)2)25(31)30(26-29-20-9-8-19(27)13-23(20)35-26)28-14-17-11-21(32-3)24(34-5)22(12-17)33-4/h6-14H,1-5H3/b28-14+. The van der Waals surface area contributed by atoms with Gasteiger partial charge in [-0.3, -0.25) is 4.79 Å². The van der Waals surface area contributed by atoms with Gasteiger partial charge in [-0.25, -0.2) is 4.98 Å². The zero-order chi connectivity index (χ0) is 25.1. The Morgan fingerprint density at radius 3 is 2.31 bits per heavy atom. The third kappa shape index (κ3) is 5.16. The molecule has 9 heteroatoms. The zero-order valence-electron chi connectivity index (χ0n) is 20.0. The van der Waals surface area contributed by atoms with Crippen molar-refractivity contribution in [2.45, 2.75) is 13.8 Å². The van der Waals surface area contributed by atoms with Crippen LogP contribution in [0.1, 0.15) is 27.0 Å². The van der Waals surface area contributed by atoms with Crippen LogP contribution in [0.4, 0.5) is 5.13 Å². The summed E-state index contributed by atoms with van der Waals surface area (Å²) in [5.41, 5.74) is 4.11. The van der Waals surface area contributed by atoms with E-state index in [-0.39, 0.29) is 5.91 Å². The highest BCUT2D eigenvalue weighted by Gasteiger charge is 2.22. The number of ether oxygens (including phenoxy) is 3. The highest BCUT2D eigenvalue weighted by Crippen LogP contribution is 2.38. The van der Waals surface area contributed by atoms with Gasteiger partial charge in [0.25, 0.3) is 5.91 Å². The molecule has 3 aromatic carbocycles. The first-order valence-electron chi connectivity index (χ1n) is 10.7. The topological polar surface area (TPSA) is 73.2 Å². The van der Waals surface area contributed by atoms with Gasteiger partial charge in [0.05, 0.1) is 37.8 Å². The Morgan fingerprint density at radius 1 is 0.971 bits per heavy atom. The van der Waals surface area contributed by atoms with Crippen LogP contribution in [0.25, 0.3) is 10.2 Å². The van der Waals surface area contributed by atoms with Crippen molar-refractivity contribution in [2.75, 3.05) is 26.3 Å². The molecule has 180 valence electrons. The molecule has 0 unspecified atom stereocenters. The molecule has 0 bridgehead atoms. The summed E-state index contributed by atoms with van der Waals surface area (Å²) in [5, 5.41) is 6.35. The number of carbonyl (C=O) groups is 1. The summed E-state index contributed by atoms with van der Waals surface area (Å²) < 4.78 is 18.2. The fourth-order valence-electron chi connectivity index (χ4n) is 3.46. The van der Waals surface area contributed by atoms with E-state index in [1.807, 2.05) is 44.2 Å². The maximum absolute atomic E-state index is 13.6. The molecule has 0 aliphatic carbocycles. The van der Waals surface area contributed by atoms with E-state index in [1.54, 1.807) is 45.7 Å². The van der Waals surface area contributed by atoms with Gasteiger partial charge in [0, 0.05) is 15.6 Å².